The van der Waals surface area contributed by atoms with Gasteiger partial charge < -0.3 is 9.80 Å². The molecule has 2 N–H and O–H groups in total. The summed E-state index contributed by atoms with van der Waals surface area (Å²) in [6, 6.07) is -4.77. The molecule has 0 radical (unpaired) electrons. The van der Waals surface area contributed by atoms with Crippen LogP contribution in [0.25, 0.3) is 0 Å². The summed E-state index contributed by atoms with van der Waals surface area (Å²) in [6.07, 6.45) is 0.200. The van der Waals surface area contributed by atoms with Crippen molar-refractivity contribution in [1.29, 1.82) is 0 Å². The fourth-order valence-corrected chi connectivity index (χ4v) is 3.88. The van der Waals surface area contributed by atoms with Crippen molar-refractivity contribution in [2.45, 2.75) is 43.4 Å². The number of urea groups is 1. The fraction of sp³-hybridized carbons (Fsp3) is 0.846. The predicted octanol–water partition coefficient (Wildman–Crippen LogP) is -0.623. The molecule has 0 aromatic rings. The summed E-state index contributed by atoms with van der Waals surface area (Å²) in [4.78, 5) is 32.6. The molecule has 3 atom stereocenters. The molecular formula is C13H20F2N4O7S. The summed E-state index contributed by atoms with van der Waals surface area (Å²) < 4.78 is 63.0. The molecule has 3 fully saturated rings. The highest BCUT2D eigenvalue weighted by Gasteiger charge is 2.62. The van der Waals surface area contributed by atoms with Gasteiger partial charge >= 0.3 is 16.4 Å². The first-order chi connectivity index (χ1) is 12.5. The van der Waals surface area contributed by atoms with E-state index in [0.29, 0.717) is 13.0 Å². The summed E-state index contributed by atoms with van der Waals surface area (Å²) in [6.45, 7) is 0.809. The number of hydroxylamine groups is 3. The second-order valence-corrected chi connectivity index (χ2v) is 7.87. The number of fused-ring (bicyclic) bond motifs is 2. The van der Waals surface area contributed by atoms with Crippen LogP contribution >= 0.6 is 0 Å². The number of piperidine rings is 2. The van der Waals surface area contributed by atoms with Gasteiger partial charge in [0.05, 0.1) is 12.6 Å². The Balaban J connectivity index is 1.68. The normalized spacial score (nSPS) is 31.3. The largest absolute Gasteiger partial charge is 0.418 e. The third-order valence-corrected chi connectivity index (χ3v) is 5.15. The molecule has 27 heavy (non-hydrogen) atoms. The standard InChI is InChI=1S/C13H20F2N4O7S/c1-17-4-2-3-8(6-17)25-16-11(20)9-5-13(14,15)10-7-18(9)12(21)19(10)26-27(22,23)24/h8-10H,2-7H2,1H3,(H,16,20)(H,22,23,24)/t8?,9-,10-/m0/s1. The van der Waals surface area contributed by atoms with Gasteiger partial charge in [0.1, 0.15) is 12.1 Å². The van der Waals surface area contributed by atoms with Gasteiger partial charge in [-0.05, 0) is 26.4 Å². The zero-order valence-electron chi connectivity index (χ0n) is 14.4. The third-order valence-electron chi connectivity index (χ3n) is 4.80. The van der Waals surface area contributed by atoms with E-state index in [1.165, 1.54) is 0 Å². The van der Waals surface area contributed by atoms with Gasteiger partial charge in [-0.25, -0.2) is 19.1 Å². The topological polar surface area (TPSA) is 129 Å². The van der Waals surface area contributed by atoms with E-state index in [1.807, 2.05) is 11.9 Å². The summed E-state index contributed by atoms with van der Waals surface area (Å²) in [7, 11) is -3.30. The van der Waals surface area contributed by atoms with Gasteiger partial charge in [-0.1, -0.05) is 0 Å². The summed E-state index contributed by atoms with van der Waals surface area (Å²) in [5.74, 6) is -4.55. The van der Waals surface area contributed by atoms with E-state index in [-0.39, 0.29) is 11.2 Å². The van der Waals surface area contributed by atoms with Crippen LogP contribution in [0.15, 0.2) is 0 Å². The van der Waals surface area contributed by atoms with Gasteiger partial charge in [0.2, 0.25) is 0 Å². The number of alkyl halides is 2. The van der Waals surface area contributed by atoms with E-state index in [2.05, 4.69) is 9.76 Å². The molecule has 154 valence electrons. The maximum absolute atomic E-state index is 14.3. The second-order valence-electron chi connectivity index (χ2n) is 6.87. The number of carbonyl (C=O) groups excluding carboxylic acids is 2. The van der Waals surface area contributed by atoms with Crippen molar-refractivity contribution >= 4 is 22.3 Å². The monoisotopic (exact) mass is 414 g/mol. The highest BCUT2D eigenvalue weighted by atomic mass is 32.3. The van der Waals surface area contributed by atoms with E-state index < -0.39 is 53.3 Å². The van der Waals surface area contributed by atoms with Crippen LogP contribution in [0.4, 0.5) is 13.6 Å². The number of amides is 3. The van der Waals surface area contributed by atoms with Crippen molar-refractivity contribution in [3.63, 3.8) is 0 Å². The first kappa shape index (κ1) is 20.1. The molecule has 3 aliphatic rings. The number of hydrogen-bond acceptors (Lipinski definition) is 7. The lowest BCUT2D eigenvalue weighted by atomic mass is 9.96. The summed E-state index contributed by atoms with van der Waals surface area (Å²) in [5.41, 5.74) is 2.13. The number of carbonyl (C=O) groups is 2. The Bertz CT molecular complexity index is 721. The average molecular weight is 414 g/mol. The van der Waals surface area contributed by atoms with Gasteiger partial charge in [0.15, 0.2) is 0 Å². The number of likely N-dealkylation sites (N-methyl/N-ethyl adjacent to an activating group) is 1. The van der Waals surface area contributed by atoms with Crippen molar-refractivity contribution in [2.75, 3.05) is 26.7 Å². The molecule has 0 aliphatic carbocycles. The third kappa shape index (κ3) is 4.29. The van der Waals surface area contributed by atoms with Crippen molar-refractivity contribution in [3.05, 3.63) is 0 Å². The van der Waals surface area contributed by atoms with Gasteiger partial charge in [0, 0.05) is 13.0 Å². The molecular weight excluding hydrogens is 394 g/mol. The zero-order chi connectivity index (χ0) is 20.0. The van der Waals surface area contributed by atoms with Crippen LogP contribution in [-0.2, 0) is 24.3 Å². The molecule has 3 rings (SSSR count). The van der Waals surface area contributed by atoms with Crippen LogP contribution in [0.5, 0.6) is 0 Å². The average Bonchev–Trinajstić information content (AvgIpc) is 2.83. The van der Waals surface area contributed by atoms with E-state index in [4.69, 9.17) is 9.39 Å². The lowest BCUT2D eigenvalue weighted by Gasteiger charge is -2.35. The molecule has 0 aromatic carbocycles. The minimum atomic E-state index is -5.18. The Morgan fingerprint density at radius 1 is 1.37 bits per heavy atom. The lowest BCUT2D eigenvalue weighted by molar-refractivity contribution is -0.162. The summed E-state index contributed by atoms with van der Waals surface area (Å²) in [5, 5.41) is -0.112. The molecule has 3 amide bonds. The molecule has 11 nitrogen and oxygen atoms in total. The van der Waals surface area contributed by atoms with Crippen LogP contribution in [0, 0.1) is 0 Å². The first-order valence-corrected chi connectivity index (χ1v) is 9.63. The zero-order valence-corrected chi connectivity index (χ0v) is 15.2. The van der Waals surface area contributed by atoms with Crippen LogP contribution in [0.3, 0.4) is 0 Å². The number of hydrogen-bond donors (Lipinski definition) is 2. The summed E-state index contributed by atoms with van der Waals surface area (Å²) >= 11 is 0. The SMILES string of the molecule is CN1CCCC(ONC(=O)[C@@H]2CC(F)(F)[C@@H]3CN2C(=O)N3OS(=O)(=O)O)C1. The first-order valence-electron chi connectivity index (χ1n) is 8.26. The van der Waals surface area contributed by atoms with Gasteiger partial charge in [0.25, 0.3) is 11.8 Å². The van der Waals surface area contributed by atoms with E-state index in [1.54, 1.807) is 0 Å². The molecule has 2 bridgehead atoms. The van der Waals surface area contributed by atoms with Crippen LogP contribution < -0.4 is 5.48 Å². The lowest BCUT2D eigenvalue weighted by Crippen LogP contribution is -2.57. The van der Waals surface area contributed by atoms with Crippen LogP contribution in [-0.4, -0.2) is 90.6 Å². The van der Waals surface area contributed by atoms with Gasteiger partial charge in [-0.2, -0.15) is 13.5 Å². The highest BCUT2D eigenvalue weighted by Crippen LogP contribution is 2.41. The van der Waals surface area contributed by atoms with E-state index in [0.717, 1.165) is 17.9 Å². The minimum absolute atomic E-state index is 0.112. The molecule has 14 heteroatoms. The van der Waals surface area contributed by atoms with E-state index in [9.17, 15) is 26.8 Å². The van der Waals surface area contributed by atoms with Crippen molar-refractivity contribution in [2.24, 2.45) is 0 Å². The molecule has 1 unspecified atom stereocenters. The van der Waals surface area contributed by atoms with Gasteiger partial charge in [-0.15, -0.1) is 4.28 Å². The Kier molecular flexibility index (Phi) is 5.28. The Morgan fingerprint density at radius 2 is 2.07 bits per heavy atom. The van der Waals surface area contributed by atoms with Crippen LogP contribution in [0.1, 0.15) is 19.3 Å². The second kappa shape index (κ2) is 7.09. The molecule has 3 saturated heterocycles. The maximum atomic E-state index is 14.3. The Labute approximate surface area is 154 Å². The molecule has 0 saturated carbocycles. The minimum Gasteiger partial charge on any atom is -0.308 e. The number of rotatable bonds is 5. The Hall–Kier alpha value is -1.61. The fourth-order valence-electron chi connectivity index (χ4n) is 3.51. The number of nitrogens with zero attached hydrogens (tertiary/aromatic N) is 3. The maximum Gasteiger partial charge on any atom is 0.418 e. The number of likely N-dealkylation sites (tertiary alicyclic amines) is 1. The van der Waals surface area contributed by atoms with Gasteiger partial charge in [-0.3, -0.25) is 14.2 Å². The highest BCUT2D eigenvalue weighted by molar-refractivity contribution is 7.80. The quantitative estimate of drug-likeness (QED) is 0.450. The van der Waals surface area contributed by atoms with Crippen molar-refractivity contribution < 1.29 is 40.5 Å². The number of nitrogens with one attached hydrogen (secondary N) is 1. The Morgan fingerprint density at radius 3 is 2.70 bits per heavy atom. The van der Waals surface area contributed by atoms with Crippen LogP contribution in [0.2, 0.25) is 0 Å². The number of halogens is 2. The molecule has 3 heterocycles. The van der Waals surface area contributed by atoms with Crippen molar-refractivity contribution in [1.82, 2.24) is 20.3 Å². The molecule has 3 aliphatic heterocycles. The molecule has 0 aromatic heterocycles. The van der Waals surface area contributed by atoms with Crippen molar-refractivity contribution in [3.8, 4) is 0 Å². The van der Waals surface area contributed by atoms with E-state index >= 15 is 0 Å². The smallest absolute Gasteiger partial charge is 0.308 e. The predicted molar refractivity (Wildman–Crippen MR) is 83.5 cm³/mol. The molecule has 0 spiro atoms.